The zero-order valence-corrected chi connectivity index (χ0v) is 8.54. The summed E-state index contributed by atoms with van der Waals surface area (Å²) in [6.45, 7) is 2.24. The standard InChI is InChI=1S/C8H11BrN2O/c1-11-3-2-6(5-11)7-4-10-8(9)12-7/h4,6H,2-3,5H2,1H3. The molecule has 4 heteroatoms. The molecule has 0 amide bonds. The monoisotopic (exact) mass is 230 g/mol. The van der Waals surface area contributed by atoms with Gasteiger partial charge in [-0.3, -0.25) is 0 Å². The fourth-order valence-corrected chi connectivity index (χ4v) is 1.91. The maximum Gasteiger partial charge on any atom is 0.264 e. The van der Waals surface area contributed by atoms with Crippen LogP contribution < -0.4 is 0 Å². The van der Waals surface area contributed by atoms with Crippen LogP contribution in [0.3, 0.4) is 0 Å². The molecule has 66 valence electrons. The van der Waals surface area contributed by atoms with Gasteiger partial charge in [0.25, 0.3) is 4.80 Å². The van der Waals surface area contributed by atoms with Crippen LogP contribution in [0.5, 0.6) is 0 Å². The second kappa shape index (κ2) is 3.18. The molecule has 12 heavy (non-hydrogen) atoms. The summed E-state index contributed by atoms with van der Waals surface area (Å²) in [7, 11) is 2.13. The van der Waals surface area contributed by atoms with Gasteiger partial charge in [0.15, 0.2) is 0 Å². The van der Waals surface area contributed by atoms with Crippen LogP contribution in [0.2, 0.25) is 0 Å². The molecule has 0 spiro atoms. The molecule has 0 radical (unpaired) electrons. The van der Waals surface area contributed by atoms with Crippen molar-refractivity contribution in [3.8, 4) is 0 Å². The van der Waals surface area contributed by atoms with Gasteiger partial charge >= 0.3 is 0 Å². The normalized spacial score (nSPS) is 25.0. The summed E-state index contributed by atoms with van der Waals surface area (Å²) in [5.41, 5.74) is 0. The first-order valence-corrected chi connectivity index (χ1v) is 4.85. The molecule has 0 N–H and O–H groups in total. The van der Waals surface area contributed by atoms with Gasteiger partial charge in [-0.1, -0.05) is 0 Å². The highest BCUT2D eigenvalue weighted by Gasteiger charge is 2.23. The van der Waals surface area contributed by atoms with E-state index in [4.69, 9.17) is 4.42 Å². The molecule has 0 aliphatic carbocycles. The van der Waals surface area contributed by atoms with Crippen LogP contribution in [0.25, 0.3) is 0 Å². The third kappa shape index (κ3) is 1.54. The van der Waals surface area contributed by atoms with Crippen LogP contribution in [0, 0.1) is 0 Å². The number of oxazole rings is 1. The van der Waals surface area contributed by atoms with Crippen molar-refractivity contribution < 1.29 is 4.42 Å². The number of hydrogen-bond acceptors (Lipinski definition) is 3. The second-order valence-corrected chi connectivity index (χ2v) is 3.94. The molecule has 1 fully saturated rings. The Morgan fingerprint density at radius 1 is 1.75 bits per heavy atom. The van der Waals surface area contributed by atoms with Gasteiger partial charge in [0, 0.05) is 28.4 Å². The maximum atomic E-state index is 5.39. The molecular formula is C8H11BrN2O. The third-order valence-electron chi connectivity index (χ3n) is 2.29. The molecule has 0 saturated carbocycles. The highest BCUT2D eigenvalue weighted by molar-refractivity contribution is 9.10. The lowest BCUT2D eigenvalue weighted by Gasteiger charge is -2.06. The van der Waals surface area contributed by atoms with Crippen LogP contribution in [0.1, 0.15) is 18.1 Å². The van der Waals surface area contributed by atoms with Crippen molar-refractivity contribution in [2.24, 2.45) is 0 Å². The number of likely N-dealkylation sites (N-methyl/N-ethyl adjacent to an activating group) is 1. The van der Waals surface area contributed by atoms with Crippen molar-refractivity contribution in [3.05, 3.63) is 16.8 Å². The Morgan fingerprint density at radius 2 is 2.58 bits per heavy atom. The number of hydrogen-bond donors (Lipinski definition) is 0. The van der Waals surface area contributed by atoms with Crippen molar-refractivity contribution in [1.29, 1.82) is 0 Å². The van der Waals surface area contributed by atoms with Crippen molar-refractivity contribution in [2.45, 2.75) is 12.3 Å². The summed E-state index contributed by atoms with van der Waals surface area (Å²) >= 11 is 3.20. The van der Waals surface area contributed by atoms with Gasteiger partial charge in [0.2, 0.25) is 0 Å². The molecule has 0 aromatic carbocycles. The van der Waals surface area contributed by atoms with E-state index in [-0.39, 0.29) is 0 Å². The number of rotatable bonds is 1. The molecule has 1 aromatic heterocycles. The number of aromatic nitrogens is 1. The first-order valence-electron chi connectivity index (χ1n) is 4.05. The molecule has 3 nitrogen and oxygen atoms in total. The van der Waals surface area contributed by atoms with Crippen molar-refractivity contribution in [2.75, 3.05) is 20.1 Å². The first-order chi connectivity index (χ1) is 5.75. The Labute approximate surface area is 79.9 Å². The first kappa shape index (κ1) is 8.26. The zero-order chi connectivity index (χ0) is 8.55. The van der Waals surface area contributed by atoms with E-state index in [1.165, 1.54) is 6.42 Å². The average molecular weight is 231 g/mol. The average Bonchev–Trinajstić information content (AvgIpc) is 2.58. The van der Waals surface area contributed by atoms with Crippen LogP contribution in [-0.2, 0) is 0 Å². The van der Waals surface area contributed by atoms with Gasteiger partial charge < -0.3 is 9.32 Å². The van der Waals surface area contributed by atoms with E-state index in [2.05, 4.69) is 32.9 Å². The molecule has 2 heterocycles. The molecule has 2 rings (SSSR count). The van der Waals surface area contributed by atoms with Crippen molar-refractivity contribution in [3.63, 3.8) is 0 Å². The Kier molecular flexibility index (Phi) is 2.19. The SMILES string of the molecule is CN1CCC(c2cnc(Br)o2)C1. The Hall–Kier alpha value is -0.350. The molecule has 1 saturated heterocycles. The van der Waals surface area contributed by atoms with E-state index in [9.17, 15) is 0 Å². The lowest BCUT2D eigenvalue weighted by atomic mass is 10.1. The minimum absolute atomic E-state index is 0.536. The summed E-state index contributed by atoms with van der Waals surface area (Å²) in [5, 5.41) is 0. The van der Waals surface area contributed by atoms with Gasteiger partial charge in [-0.15, -0.1) is 0 Å². The smallest absolute Gasteiger partial charge is 0.264 e. The molecule has 1 aromatic rings. The van der Waals surface area contributed by atoms with Gasteiger partial charge in [-0.05, 0) is 20.0 Å². The minimum atomic E-state index is 0.536. The van der Waals surface area contributed by atoms with Crippen molar-refractivity contribution >= 4 is 15.9 Å². The molecule has 1 unspecified atom stereocenters. The lowest BCUT2D eigenvalue weighted by Crippen LogP contribution is -2.13. The second-order valence-electron chi connectivity index (χ2n) is 3.26. The topological polar surface area (TPSA) is 29.3 Å². The van der Waals surface area contributed by atoms with E-state index >= 15 is 0 Å². The van der Waals surface area contributed by atoms with E-state index in [0.29, 0.717) is 10.7 Å². The van der Waals surface area contributed by atoms with Gasteiger partial charge in [0.1, 0.15) is 5.76 Å². The summed E-state index contributed by atoms with van der Waals surface area (Å²) in [6, 6.07) is 0. The predicted molar refractivity (Wildman–Crippen MR) is 49.1 cm³/mol. The Balaban J connectivity index is 2.11. The number of likely N-dealkylation sites (tertiary alicyclic amines) is 1. The van der Waals surface area contributed by atoms with Crippen LogP contribution >= 0.6 is 15.9 Å². The summed E-state index contributed by atoms with van der Waals surface area (Å²) in [6.07, 6.45) is 2.99. The summed E-state index contributed by atoms with van der Waals surface area (Å²) < 4.78 is 5.39. The molecule has 1 atom stereocenters. The highest BCUT2D eigenvalue weighted by atomic mass is 79.9. The fourth-order valence-electron chi connectivity index (χ4n) is 1.62. The van der Waals surface area contributed by atoms with E-state index < -0.39 is 0 Å². The highest BCUT2D eigenvalue weighted by Crippen LogP contribution is 2.27. The fraction of sp³-hybridized carbons (Fsp3) is 0.625. The van der Waals surface area contributed by atoms with Gasteiger partial charge in [-0.25, -0.2) is 4.98 Å². The third-order valence-corrected chi connectivity index (χ3v) is 2.66. The van der Waals surface area contributed by atoms with Crippen LogP contribution in [0.15, 0.2) is 15.4 Å². The quantitative estimate of drug-likeness (QED) is 0.738. The van der Waals surface area contributed by atoms with Crippen LogP contribution in [0.4, 0.5) is 0 Å². The van der Waals surface area contributed by atoms with E-state index in [1.54, 1.807) is 0 Å². The van der Waals surface area contributed by atoms with Crippen LogP contribution in [-0.4, -0.2) is 30.0 Å². The van der Waals surface area contributed by atoms with E-state index in [0.717, 1.165) is 18.8 Å². The zero-order valence-electron chi connectivity index (χ0n) is 6.96. The molecular weight excluding hydrogens is 220 g/mol. The number of halogens is 1. The maximum absolute atomic E-state index is 5.39. The molecule has 0 bridgehead atoms. The Morgan fingerprint density at radius 3 is 3.08 bits per heavy atom. The predicted octanol–water partition coefficient (Wildman–Crippen LogP) is 1.86. The Bertz CT molecular complexity index is 274. The van der Waals surface area contributed by atoms with E-state index in [1.807, 2.05) is 6.20 Å². The largest absolute Gasteiger partial charge is 0.436 e. The molecule has 1 aliphatic heterocycles. The van der Waals surface area contributed by atoms with Gasteiger partial charge in [-0.2, -0.15) is 0 Å². The summed E-state index contributed by atoms with van der Waals surface area (Å²) in [5.74, 6) is 1.54. The molecule has 1 aliphatic rings. The van der Waals surface area contributed by atoms with Crippen molar-refractivity contribution in [1.82, 2.24) is 9.88 Å². The lowest BCUT2D eigenvalue weighted by molar-refractivity contribution is 0.392. The minimum Gasteiger partial charge on any atom is -0.436 e. The number of nitrogens with zero attached hydrogens (tertiary/aromatic N) is 2. The summed E-state index contributed by atoms with van der Waals surface area (Å²) in [4.78, 5) is 6.91. The van der Waals surface area contributed by atoms with Gasteiger partial charge in [0.05, 0.1) is 6.20 Å².